The number of rotatable bonds is 4. The van der Waals surface area contributed by atoms with Crippen LogP contribution in [0.5, 0.6) is 11.5 Å². The SMILES string of the molecule is Cc1cc(C2CC3CCC2C3)nc2ccc(Oc3c(Cl)cc(-n4nc(C#N)c(=O)[nH]c4=O)cc3Cl)cc12. The number of nitrogens with zero attached hydrogens (tertiary/aromatic N) is 4. The molecule has 37 heavy (non-hydrogen) atoms. The number of hydrogen-bond donors (Lipinski definition) is 1. The van der Waals surface area contributed by atoms with E-state index in [1.165, 1.54) is 43.5 Å². The molecule has 186 valence electrons. The maximum absolute atomic E-state index is 12.2. The molecule has 0 aliphatic heterocycles. The molecule has 0 amide bonds. The highest BCUT2D eigenvalue weighted by molar-refractivity contribution is 6.37. The molecule has 2 aromatic carbocycles. The summed E-state index contributed by atoms with van der Waals surface area (Å²) in [6, 6.07) is 12.4. The molecular formula is C27H21Cl2N5O3. The topological polar surface area (TPSA) is 114 Å². The Kier molecular flexibility index (Phi) is 5.78. The van der Waals surface area contributed by atoms with Crippen LogP contribution in [-0.4, -0.2) is 19.7 Å². The zero-order valence-electron chi connectivity index (χ0n) is 19.8. The van der Waals surface area contributed by atoms with Crippen LogP contribution in [0.3, 0.4) is 0 Å². The lowest BCUT2D eigenvalue weighted by molar-refractivity contribution is 0.414. The Morgan fingerprint density at radius 3 is 2.57 bits per heavy atom. The Balaban J connectivity index is 1.31. The minimum atomic E-state index is -0.871. The van der Waals surface area contributed by atoms with Crippen molar-refractivity contribution >= 4 is 34.1 Å². The molecule has 8 nitrogen and oxygen atoms in total. The number of aromatic amines is 1. The van der Waals surface area contributed by atoms with Gasteiger partial charge in [-0.2, -0.15) is 9.94 Å². The highest BCUT2D eigenvalue weighted by Crippen LogP contribution is 2.52. The number of nitrogens with one attached hydrogen (secondary N) is 1. The number of ether oxygens (including phenoxy) is 1. The van der Waals surface area contributed by atoms with Gasteiger partial charge in [-0.3, -0.25) is 14.8 Å². The van der Waals surface area contributed by atoms with Gasteiger partial charge in [-0.15, -0.1) is 5.10 Å². The first-order valence-corrected chi connectivity index (χ1v) is 12.8. The van der Waals surface area contributed by atoms with Gasteiger partial charge in [0.15, 0.2) is 5.75 Å². The summed E-state index contributed by atoms with van der Waals surface area (Å²) in [6.07, 6.45) is 5.26. The van der Waals surface area contributed by atoms with Crippen LogP contribution >= 0.6 is 23.2 Å². The van der Waals surface area contributed by atoms with Gasteiger partial charge in [0.2, 0.25) is 5.69 Å². The highest BCUT2D eigenvalue weighted by Gasteiger charge is 2.40. The van der Waals surface area contributed by atoms with E-state index in [1.54, 1.807) is 6.07 Å². The third kappa shape index (κ3) is 4.18. The van der Waals surface area contributed by atoms with Crippen LogP contribution in [0.1, 0.15) is 48.6 Å². The van der Waals surface area contributed by atoms with E-state index in [1.807, 2.05) is 23.2 Å². The van der Waals surface area contributed by atoms with Gasteiger partial charge in [0.05, 0.1) is 21.2 Å². The molecule has 1 N–H and O–H groups in total. The van der Waals surface area contributed by atoms with Crippen molar-refractivity contribution in [2.75, 3.05) is 0 Å². The first-order chi connectivity index (χ1) is 17.8. The maximum atomic E-state index is 12.2. The molecule has 3 atom stereocenters. The fourth-order valence-corrected chi connectivity index (χ4v) is 6.34. The molecule has 2 aliphatic carbocycles. The third-order valence-electron chi connectivity index (χ3n) is 7.51. The van der Waals surface area contributed by atoms with Gasteiger partial charge in [-0.05, 0) is 80.0 Å². The summed E-state index contributed by atoms with van der Waals surface area (Å²) in [7, 11) is 0. The lowest BCUT2D eigenvalue weighted by atomic mass is 9.85. The minimum absolute atomic E-state index is 0.127. The van der Waals surface area contributed by atoms with Crippen molar-refractivity contribution in [3.63, 3.8) is 0 Å². The number of fused-ring (bicyclic) bond motifs is 3. The summed E-state index contributed by atoms with van der Waals surface area (Å²) in [5.41, 5.74) is 1.27. The quantitative estimate of drug-likeness (QED) is 0.362. The number of aromatic nitrogens is 4. The van der Waals surface area contributed by atoms with Gasteiger partial charge in [0.1, 0.15) is 11.8 Å². The molecule has 2 heterocycles. The molecule has 2 saturated carbocycles. The van der Waals surface area contributed by atoms with E-state index in [0.29, 0.717) is 11.7 Å². The Morgan fingerprint density at radius 2 is 1.89 bits per heavy atom. The average molecular weight is 534 g/mol. The van der Waals surface area contributed by atoms with Gasteiger partial charge in [-0.1, -0.05) is 29.6 Å². The normalized spacial score (nSPS) is 20.3. The third-order valence-corrected chi connectivity index (χ3v) is 8.07. The Hall–Kier alpha value is -3.67. The van der Waals surface area contributed by atoms with E-state index in [2.05, 4.69) is 18.1 Å². The van der Waals surface area contributed by atoms with Crippen LogP contribution in [0, 0.1) is 30.1 Å². The van der Waals surface area contributed by atoms with Gasteiger partial charge < -0.3 is 4.74 Å². The van der Waals surface area contributed by atoms with E-state index in [0.717, 1.165) is 33.0 Å². The van der Waals surface area contributed by atoms with Crippen LogP contribution in [0.2, 0.25) is 10.0 Å². The molecule has 0 spiro atoms. The number of benzene rings is 2. The van der Waals surface area contributed by atoms with E-state index >= 15 is 0 Å². The first kappa shape index (κ1) is 23.7. The standard InChI is InChI=1S/C27H21Cl2N5O3/c1-13-6-23(19-8-14-2-3-15(19)7-14)31-22-5-4-17(11-18(13)22)37-25-20(28)9-16(10-21(25)29)34-27(36)32-26(35)24(12-30)33-34/h4-6,9-11,14-15,19H,2-3,7-8H2,1H3,(H,32,35,36). The van der Waals surface area contributed by atoms with E-state index in [9.17, 15) is 9.59 Å². The number of pyridine rings is 1. The molecule has 10 heteroatoms. The molecule has 2 aliphatic rings. The fourth-order valence-electron chi connectivity index (χ4n) is 5.79. The largest absolute Gasteiger partial charge is 0.454 e. The lowest BCUT2D eigenvalue weighted by Gasteiger charge is -2.22. The number of halogens is 2. The zero-order chi connectivity index (χ0) is 25.8. The van der Waals surface area contributed by atoms with Crippen LogP contribution in [0.15, 0.2) is 46.0 Å². The number of nitriles is 1. The van der Waals surface area contributed by atoms with Crippen molar-refractivity contribution in [2.45, 2.75) is 38.5 Å². The van der Waals surface area contributed by atoms with Crippen molar-refractivity contribution in [1.29, 1.82) is 5.26 Å². The van der Waals surface area contributed by atoms with Crippen LogP contribution in [0.4, 0.5) is 0 Å². The second-order valence-corrected chi connectivity index (χ2v) is 10.6. The van der Waals surface area contributed by atoms with E-state index in [-0.39, 0.29) is 21.5 Å². The second kappa shape index (κ2) is 9.02. The van der Waals surface area contributed by atoms with E-state index < -0.39 is 16.9 Å². The Morgan fingerprint density at radius 1 is 1.11 bits per heavy atom. The second-order valence-electron chi connectivity index (χ2n) is 9.80. The minimum Gasteiger partial charge on any atom is -0.454 e. The number of aryl methyl sites for hydroxylation is 1. The lowest BCUT2D eigenvalue weighted by Crippen LogP contribution is -2.33. The molecule has 2 bridgehead atoms. The average Bonchev–Trinajstić information content (AvgIpc) is 3.50. The van der Waals surface area contributed by atoms with Gasteiger partial charge >= 0.3 is 5.69 Å². The van der Waals surface area contributed by atoms with Crippen molar-refractivity contribution in [3.05, 3.63) is 84.2 Å². The highest BCUT2D eigenvalue weighted by atomic mass is 35.5. The van der Waals surface area contributed by atoms with E-state index in [4.69, 9.17) is 38.2 Å². The first-order valence-electron chi connectivity index (χ1n) is 12.0. The smallest absolute Gasteiger partial charge is 0.349 e. The molecule has 4 aromatic rings. The molecule has 6 rings (SSSR count). The molecule has 0 radical (unpaired) electrons. The van der Waals surface area contributed by atoms with Crippen molar-refractivity contribution < 1.29 is 4.74 Å². The molecule has 0 saturated heterocycles. The number of H-pyrrole nitrogens is 1. The van der Waals surface area contributed by atoms with Crippen molar-refractivity contribution in [2.24, 2.45) is 11.8 Å². The summed E-state index contributed by atoms with van der Waals surface area (Å²) in [5.74, 6) is 2.92. The maximum Gasteiger partial charge on any atom is 0.349 e. The molecule has 2 aromatic heterocycles. The summed E-state index contributed by atoms with van der Waals surface area (Å²) < 4.78 is 6.90. The van der Waals surface area contributed by atoms with Gasteiger partial charge in [0.25, 0.3) is 5.56 Å². The van der Waals surface area contributed by atoms with Crippen LogP contribution < -0.4 is 16.0 Å². The predicted molar refractivity (Wildman–Crippen MR) is 140 cm³/mol. The predicted octanol–water partition coefficient (Wildman–Crippen LogP) is 5.65. The van der Waals surface area contributed by atoms with Gasteiger partial charge in [0, 0.05) is 17.0 Å². The van der Waals surface area contributed by atoms with Crippen molar-refractivity contribution in [1.82, 2.24) is 19.7 Å². The zero-order valence-corrected chi connectivity index (χ0v) is 21.3. The summed E-state index contributed by atoms with van der Waals surface area (Å²) in [6.45, 7) is 2.09. The summed E-state index contributed by atoms with van der Waals surface area (Å²) in [4.78, 5) is 30.9. The molecule has 3 unspecified atom stereocenters. The fraction of sp³-hybridized carbons (Fsp3) is 0.296. The Bertz CT molecular complexity index is 1720. The Labute approximate surface area is 221 Å². The summed E-state index contributed by atoms with van der Waals surface area (Å²) in [5, 5.41) is 14.1. The monoisotopic (exact) mass is 533 g/mol. The molecular weight excluding hydrogens is 513 g/mol. The molecule has 2 fully saturated rings. The summed E-state index contributed by atoms with van der Waals surface area (Å²) >= 11 is 12.9. The van der Waals surface area contributed by atoms with Crippen LogP contribution in [0.25, 0.3) is 16.6 Å². The number of hydrogen-bond acceptors (Lipinski definition) is 6. The van der Waals surface area contributed by atoms with Crippen molar-refractivity contribution in [3.8, 4) is 23.3 Å². The van der Waals surface area contributed by atoms with Crippen LogP contribution in [-0.2, 0) is 0 Å². The van der Waals surface area contributed by atoms with Gasteiger partial charge in [-0.25, -0.2) is 4.79 Å².